The fourth-order valence-corrected chi connectivity index (χ4v) is 1.49. The molecule has 0 aliphatic carbocycles. The number of rotatable bonds is 1. The summed E-state index contributed by atoms with van der Waals surface area (Å²) < 4.78 is 13.0. The van der Waals surface area contributed by atoms with Gasteiger partial charge < -0.3 is 5.73 Å². The Morgan fingerprint density at radius 3 is 2.59 bits per heavy atom. The molecular formula is C15H12FN. The Morgan fingerprint density at radius 1 is 1.06 bits per heavy atom. The van der Waals surface area contributed by atoms with Gasteiger partial charge >= 0.3 is 0 Å². The van der Waals surface area contributed by atoms with Gasteiger partial charge in [0.1, 0.15) is 5.82 Å². The van der Waals surface area contributed by atoms with Crippen molar-refractivity contribution in [1.82, 2.24) is 0 Å². The summed E-state index contributed by atoms with van der Waals surface area (Å²) in [5.74, 6) is 5.72. The van der Waals surface area contributed by atoms with Crippen molar-refractivity contribution in [2.75, 3.05) is 5.73 Å². The first kappa shape index (κ1) is 11.2. The second-order valence-corrected chi connectivity index (χ2v) is 3.69. The Balaban J connectivity index is 2.13. The summed E-state index contributed by atoms with van der Waals surface area (Å²) in [7, 11) is 0. The fraction of sp³-hybridized carbons (Fsp3) is 0.0667. The molecule has 17 heavy (non-hydrogen) atoms. The zero-order valence-electron chi connectivity index (χ0n) is 9.28. The third-order valence-corrected chi connectivity index (χ3v) is 2.39. The number of benzene rings is 2. The second kappa shape index (κ2) is 5.18. The fourth-order valence-electron chi connectivity index (χ4n) is 1.49. The van der Waals surface area contributed by atoms with Crippen molar-refractivity contribution in [2.24, 2.45) is 0 Å². The largest absolute Gasteiger partial charge is 0.398 e. The Hall–Kier alpha value is -2.27. The van der Waals surface area contributed by atoms with Gasteiger partial charge in [-0.25, -0.2) is 4.39 Å². The van der Waals surface area contributed by atoms with Crippen molar-refractivity contribution in [2.45, 2.75) is 6.42 Å². The maximum atomic E-state index is 13.0. The Bertz CT molecular complexity index is 564. The topological polar surface area (TPSA) is 26.0 Å². The molecule has 2 heteroatoms. The molecule has 0 atom stereocenters. The van der Waals surface area contributed by atoms with Gasteiger partial charge in [-0.3, -0.25) is 0 Å². The molecular weight excluding hydrogens is 213 g/mol. The number of nitrogen functional groups attached to an aromatic ring is 1. The molecule has 0 heterocycles. The van der Waals surface area contributed by atoms with E-state index in [0.717, 1.165) is 11.1 Å². The summed E-state index contributed by atoms with van der Waals surface area (Å²) in [5, 5.41) is 0. The summed E-state index contributed by atoms with van der Waals surface area (Å²) >= 11 is 0. The van der Waals surface area contributed by atoms with E-state index in [0.29, 0.717) is 12.1 Å². The van der Waals surface area contributed by atoms with Crippen molar-refractivity contribution in [1.29, 1.82) is 0 Å². The normalized spacial score (nSPS) is 9.47. The first-order valence-corrected chi connectivity index (χ1v) is 5.33. The summed E-state index contributed by atoms with van der Waals surface area (Å²) in [6.07, 6.45) is 0.457. The lowest BCUT2D eigenvalue weighted by atomic mass is 10.1. The van der Waals surface area contributed by atoms with Crippen LogP contribution in [0.4, 0.5) is 10.1 Å². The van der Waals surface area contributed by atoms with E-state index in [9.17, 15) is 4.39 Å². The molecule has 84 valence electrons. The minimum atomic E-state index is -0.282. The van der Waals surface area contributed by atoms with E-state index < -0.39 is 0 Å². The van der Waals surface area contributed by atoms with Crippen LogP contribution in [0, 0.1) is 17.7 Å². The lowest BCUT2D eigenvalue weighted by molar-refractivity contribution is 0.626. The van der Waals surface area contributed by atoms with Crippen LogP contribution >= 0.6 is 0 Å². The van der Waals surface area contributed by atoms with Gasteiger partial charge in [-0.05, 0) is 35.9 Å². The molecule has 0 aromatic heterocycles. The van der Waals surface area contributed by atoms with Gasteiger partial charge in [0.25, 0.3) is 0 Å². The van der Waals surface area contributed by atoms with E-state index in [1.54, 1.807) is 6.07 Å². The van der Waals surface area contributed by atoms with Gasteiger partial charge in [0.15, 0.2) is 0 Å². The van der Waals surface area contributed by atoms with Gasteiger partial charge in [-0.2, -0.15) is 0 Å². The van der Waals surface area contributed by atoms with Crippen LogP contribution in [0.2, 0.25) is 0 Å². The summed E-state index contributed by atoms with van der Waals surface area (Å²) in [5.41, 5.74) is 7.99. The first-order chi connectivity index (χ1) is 8.25. The first-order valence-electron chi connectivity index (χ1n) is 5.33. The van der Waals surface area contributed by atoms with Gasteiger partial charge in [0.05, 0.1) is 0 Å². The molecule has 0 amide bonds. The standard InChI is InChI=1S/C15H12FN/c16-14-9-10-15(17)13(11-14)8-4-7-12-5-2-1-3-6-12/h1-3,5-6,9-11H,8,17H2. The highest BCUT2D eigenvalue weighted by Gasteiger charge is 1.98. The van der Waals surface area contributed by atoms with E-state index in [1.165, 1.54) is 12.1 Å². The van der Waals surface area contributed by atoms with Crippen LogP contribution in [0.25, 0.3) is 0 Å². The monoisotopic (exact) mass is 225 g/mol. The number of nitrogens with two attached hydrogens (primary N) is 1. The molecule has 2 aromatic rings. The highest BCUT2D eigenvalue weighted by molar-refractivity contribution is 5.49. The molecule has 0 radical (unpaired) electrons. The molecule has 2 aromatic carbocycles. The van der Waals surface area contributed by atoms with Crippen LogP contribution in [-0.4, -0.2) is 0 Å². The highest BCUT2D eigenvalue weighted by atomic mass is 19.1. The maximum absolute atomic E-state index is 13.0. The Morgan fingerprint density at radius 2 is 1.82 bits per heavy atom. The highest BCUT2D eigenvalue weighted by Crippen LogP contribution is 2.13. The Labute approximate surface area is 100 Å². The maximum Gasteiger partial charge on any atom is 0.123 e. The van der Waals surface area contributed by atoms with E-state index in [-0.39, 0.29) is 5.82 Å². The van der Waals surface area contributed by atoms with Crippen LogP contribution < -0.4 is 5.73 Å². The average Bonchev–Trinajstić information content (AvgIpc) is 2.35. The third kappa shape index (κ3) is 3.09. The smallest absolute Gasteiger partial charge is 0.123 e. The molecule has 0 fully saturated rings. The zero-order chi connectivity index (χ0) is 12.1. The van der Waals surface area contributed by atoms with E-state index >= 15 is 0 Å². The molecule has 0 aliphatic heterocycles. The molecule has 0 spiro atoms. The van der Waals surface area contributed by atoms with Crippen molar-refractivity contribution >= 4 is 5.69 Å². The third-order valence-electron chi connectivity index (χ3n) is 2.39. The molecule has 0 bridgehead atoms. The van der Waals surface area contributed by atoms with Crippen LogP contribution in [0.15, 0.2) is 48.5 Å². The van der Waals surface area contributed by atoms with Crippen molar-refractivity contribution in [3.63, 3.8) is 0 Å². The number of hydrogen-bond donors (Lipinski definition) is 1. The van der Waals surface area contributed by atoms with E-state index in [2.05, 4.69) is 11.8 Å². The van der Waals surface area contributed by atoms with Crippen LogP contribution in [0.5, 0.6) is 0 Å². The van der Waals surface area contributed by atoms with Crippen molar-refractivity contribution < 1.29 is 4.39 Å². The molecule has 0 saturated carbocycles. The minimum absolute atomic E-state index is 0.282. The predicted molar refractivity (Wildman–Crippen MR) is 67.8 cm³/mol. The molecule has 0 unspecified atom stereocenters. The lowest BCUT2D eigenvalue weighted by Gasteiger charge is -2.00. The molecule has 2 rings (SSSR count). The summed E-state index contributed by atoms with van der Waals surface area (Å²) in [4.78, 5) is 0. The zero-order valence-corrected chi connectivity index (χ0v) is 9.28. The predicted octanol–water partition coefficient (Wildman–Crippen LogP) is 3.00. The van der Waals surface area contributed by atoms with Gasteiger partial charge in [0.2, 0.25) is 0 Å². The molecule has 1 nitrogen and oxygen atoms in total. The number of halogens is 1. The van der Waals surface area contributed by atoms with Crippen LogP contribution in [-0.2, 0) is 6.42 Å². The Kier molecular flexibility index (Phi) is 3.42. The number of hydrogen-bond acceptors (Lipinski definition) is 1. The second-order valence-electron chi connectivity index (χ2n) is 3.69. The summed E-state index contributed by atoms with van der Waals surface area (Å²) in [6.45, 7) is 0. The van der Waals surface area contributed by atoms with Crippen LogP contribution in [0.3, 0.4) is 0 Å². The SMILES string of the molecule is Nc1ccc(F)cc1CC#Cc1ccccc1. The van der Waals surface area contributed by atoms with Crippen molar-refractivity contribution in [3.05, 3.63) is 65.5 Å². The van der Waals surface area contributed by atoms with Gasteiger partial charge in [-0.1, -0.05) is 30.0 Å². The van der Waals surface area contributed by atoms with E-state index in [1.807, 2.05) is 30.3 Å². The van der Waals surface area contributed by atoms with Gasteiger partial charge in [-0.15, -0.1) is 0 Å². The molecule has 0 saturated heterocycles. The van der Waals surface area contributed by atoms with Crippen molar-refractivity contribution in [3.8, 4) is 11.8 Å². The lowest BCUT2D eigenvalue weighted by Crippen LogP contribution is -1.94. The number of anilines is 1. The summed E-state index contributed by atoms with van der Waals surface area (Å²) in [6, 6.07) is 14.0. The molecule has 0 aliphatic rings. The van der Waals surface area contributed by atoms with Crippen LogP contribution in [0.1, 0.15) is 11.1 Å². The van der Waals surface area contributed by atoms with E-state index in [4.69, 9.17) is 5.73 Å². The quantitative estimate of drug-likeness (QED) is 0.586. The van der Waals surface area contributed by atoms with Gasteiger partial charge in [0, 0.05) is 17.7 Å². The minimum Gasteiger partial charge on any atom is -0.398 e. The average molecular weight is 225 g/mol. The molecule has 2 N–H and O–H groups in total.